The molecule has 1 amide bonds. The van der Waals surface area contributed by atoms with E-state index in [0.717, 1.165) is 12.3 Å². The van der Waals surface area contributed by atoms with Crippen LogP contribution in [0.15, 0.2) is 41.5 Å². The van der Waals surface area contributed by atoms with Crippen LogP contribution < -0.4 is 5.43 Å². The van der Waals surface area contributed by atoms with Gasteiger partial charge in [-0.3, -0.25) is 4.79 Å². The van der Waals surface area contributed by atoms with Crippen molar-refractivity contribution in [3.8, 4) is 5.75 Å². The predicted molar refractivity (Wildman–Crippen MR) is 84.4 cm³/mol. The minimum Gasteiger partial charge on any atom is -0.507 e. The normalized spacial score (nSPS) is 11.7. The van der Waals surface area contributed by atoms with E-state index < -0.39 is 23.4 Å². The quantitative estimate of drug-likeness (QED) is 0.641. The molecule has 0 radical (unpaired) electrons. The molecule has 0 aromatic heterocycles. The first-order valence-electron chi connectivity index (χ1n) is 6.68. The largest absolute Gasteiger partial charge is 0.507 e. The average molecular weight is 357 g/mol. The van der Waals surface area contributed by atoms with E-state index in [4.69, 9.17) is 11.6 Å². The Labute approximate surface area is 140 Å². The Kier molecular flexibility index (Phi) is 5.14. The molecule has 0 atom stereocenters. The number of aryl methyl sites for hydroxylation is 1. The van der Waals surface area contributed by atoms with Crippen LogP contribution in [0.3, 0.4) is 0 Å². The lowest BCUT2D eigenvalue weighted by molar-refractivity contribution is -0.138. The van der Waals surface area contributed by atoms with Gasteiger partial charge >= 0.3 is 6.18 Å². The number of nitrogens with zero attached hydrogens (tertiary/aromatic N) is 1. The average Bonchev–Trinajstić information content (AvgIpc) is 2.49. The summed E-state index contributed by atoms with van der Waals surface area (Å²) < 4.78 is 38.5. The van der Waals surface area contributed by atoms with E-state index in [0.29, 0.717) is 10.6 Å². The van der Waals surface area contributed by atoms with Crippen molar-refractivity contribution in [2.75, 3.05) is 0 Å². The van der Waals surface area contributed by atoms with Crippen LogP contribution in [0.5, 0.6) is 5.75 Å². The van der Waals surface area contributed by atoms with Crippen LogP contribution >= 0.6 is 11.6 Å². The van der Waals surface area contributed by atoms with E-state index >= 15 is 0 Å². The molecular weight excluding hydrogens is 345 g/mol. The molecule has 0 saturated heterocycles. The SMILES string of the molecule is Cc1cc(/C=N/NC(=O)c2ccc(Cl)cc2)c(O)c(C(F)(F)F)c1. The number of hydrazone groups is 1. The lowest BCUT2D eigenvalue weighted by atomic mass is 10.0. The molecule has 0 saturated carbocycles. The van der Waals surface area contributed by atoms with Crippen LogP contribution in [0.25, 0.3) is 0 Å². The van der Waals surface area contributed by atoms with Crippen molar-refractivity contribution in [3.05, 3.63) is 63.7 Å². The Morgan fingerprint density at radius 2 is 1.88 bits per heavy atom. The summed E-state index contributed by atoms with van der Waals surface area (Å²) in [7, 11) is 0. The number of phenolic OH excluding ortho intramolecular Hbond substituents is 1. The summed E-state index contributed by atoms with van der Waals surface area (Å²) in [4.78, 5) is 11.8. The van der Waals surface area contributed by atoms with Crippen molar-refractivity contribution in [2.45, 2.75) is 13.1 Å². The number of benzene rings is 2. The Morgan fingerprint density at radius 3 is 2.46 bits per heavy atom. The number of alkyl halides is 3. The molecule has 0 aliphatic heterocycles. The lowest BCUT2D eigenvalue weighted by Gasteiger charge is -2.11. The molecule has 0 aliphatic carbocycles. The molecule has 2 N–H and O–H groups in total. The molecule has 24 heavy (non-hydrogen) atoms. The molecular formula is C16H12ClF3N2O2. The van der Waals surface area contributed by atoms with E-state index in [-0.39, 0.29) is 11.1 Å². The number of amides is 1. The highest BCUT2D eigenvalue weighted by Crippen LogP contribution is 2.37. The van der Waals surface area contributed by atoms with Crippen molar-refractivity contribution >= 4 is 23.7 Å². The highest BCUT2D eigenvalue weighted by Gasteiger charge is 2.34. The highest BCUT2D eigenvalue weighted by atomic mass is 35.5. The second-order valence-corrected chi connectivity index (χ2v) is 5.39. The maximum Gasteiger partial charge on any atom is 0.419 e. The number of rotatable bonds is 3. The van der Waals surface area contributed by atoms with Crippen molar-refractivity contribution in [1.82, 2.24) is 5.43 Å². The van der Waals surface area contributed by atoms with Gasteiger partial charge in [-0.1, -0.05) is 11.6 Å². The summed E-state index contributed by atoms with van der Waals surface area (Å²) in [6.45, 7) is 1.46. The summed E-state index contributed by atoms with van der Waals surface area (Å²) >= 11 is 5.70. The molecule has 0 fully saturated rings. The molecule has 126 valence electrons. The molecule has 0 aliphatic rings. The predicted octanol–water partition coefficient (Wildman–Crippen LogP) is 4.14. The highest BCUT2D eigenvalue weighted by molar-refractivity contribution is 6.30. The van der Waals surface area contributed by atoms with Gasteiger partial charge in [-0.25, -0.2) is 5.43 Å². The molecule has 0 bridgehead atoms. The zero-order valence-electron chi connectivity index (χ0n) is 12.4. The van der Waals surface area contributed by atoms with E-state index in [1.807, 2.05) is 0 Å². The minimum absolute atomic E-state index is 0.154. The first kappa shape index (κ1) is 17.8. The molecule has 2 aromatic rings. The second kappa shape index (κ2) is 6.92. The first-order valence-corrected chi connectivity index (χ1v) is 7.06. The van der Waals surface area contributed by atoms with Crippen molar-refractivity contribution in [2.24, 2.45) is 5.10 Å². The van der Waals surface area contributed by atoms with Gasteiger partial charge in [-0.05, 0) is 48.9 Å². The molecule has 2 aromatic carbocycles. The number of nitrogens with one attached hydrogen (secondary N) is 1. The van der Waals surface area contributed by atoms with E-state index in [1.54, 1.807) is 0 Å². The van der Waals surface area contributed by atoms with Crippen LogP contribution in [-0.4, -0.2) is 17.2 Å². The maximum atomic E-state index is 12.8. The lowest BCUT2D eigenvalue weighted by Crippen LogP contribution is -2.17. The summed E-state index contributed by atoms with van der Waals surface area (Å²) in [5, 5.41) is 13.8. The third-order valence-corrected chi connectivity index (χ3v) is 3.32. The number of carbonyl (C=O) groups is 1. The molecule has 4 nitrogen and oxygen atoms in total. The van der Waals surface area contributed by atoms with Gasteiger partial charge in [-0.15, -0.1) is 0 Å². The molecule has 8 heteroatoms. The molecule has 0 unspecified atom stereocenters. The van der Waals surface area contributed by atoms with Crippen LogP contribution in [0.1, 0.15) is 27.0 Å². The van der Waals surface area contributed by atoms with Gasteiger partial charge in [0.1, 0.15) is 5.75 Å². The Balaban J connectivity index is 2.19. The number of carbonyl (C=O) groups excluding carboxylic acids is 1. The van der Waals surface area contributed by atoms with Gasteiger partial charge in [0.05, 0.1) is 11.8 Å². The van der Waals surface area contributed by atoms with Gasteiger partial charge in [0.15, 0.2) is 0 Å². The van der Waals surface area contributed by atoms with Crippen LogP contribution in [0.2, 0.25) is 5.02 Å². The molecule has 2 rings (SSSR count). The fourth-order valence-corrected chi connectivity index (χ4v) is 2.07. The summed E-state index contributed by atoms with van der Waals surface area (Å²) in [6, 6.07) is 8.13. The van der Waals surface area contributed by atoms with E-state index in [1.165, 1.54) is 37.3 Å². The van der Waals surface area contributed by atoms with E-state index in [9.17, 15) is 23.1 Å². The number of hydrogen-bond donors (Lipinski definition) is 2. The van der Waals surface area contributed by atoms with Gasteiger partial charge in [0.2, 0.25) is 0 Å². The fraction of sp³-hybridized carbons (Fsp3) is 0.125. The Bertz CT molecular complexity index is 787. The van der Waals surface area contributed by atoms with Crippen molar-refractivity contribution in [3.63, 3.8) is 0 Å². The molecule has 0 spiro atoms. The zero-order valence-corrected chi connectivity index (χ0v) is 13.1. The molecule has 0 heterocycles. The third-order valence-electron chi connectivity index (χ3n) is 3.07. The van der Waals surface area contributed by atoms with Crippen LogP contribution in [0.4, 0.5) is 13.2 Å². The summed E-state index contributed by atoms with van der Waals surface area (Å²) in [5.74, 6) is -1.51. The second-order valence-electron chi connectivity index (χ2n) is 4.95. The fourth-order valence-electron chi connectivity index (χ4n) is 1.95. The van der Waals surface area contributed by atoms with Gasteiger partial charge in [0, 0.05) is 16.1 Å². The van der Waals surface area contributed by atoms with Crippen LogP contribution in [0, 0.1) is 6.92 Å². The summed E-state index contributed by atoms with van der Waals surface area (Å²) in [6.07, 6.45) is -3.74. The Morgan fingerprint density at radius 1 is 1.25 bits per heavy atom. The minimum atomic E-state index is -4.69. The van der Waals surface area contributed by atoms with Crippen molar-refractivity contribution < 1.29 is 23.1 Å². The number of aromatic hydroxyl groups is 1. The topological polar surface area (TPSA) is 61.7 Å². The number of hydrogen-bond acceptors (Lipinski definition) is 3. The van der Waals surface area contributed by atoms with Gasteiger partial charge in [0.25, 0.3) is 5.91 Å². The zero-order chi connectivity index (χ0) is 17.9. The number of phenols is 1. The maximum absolute atomic E-state index is 12.8. The third kappa shape index (κ3) is 4.26. The van der Waals surface area contributed by atoms with Gasteiger partial charge in [-0.2, -0.15) is 18.3 Å². The summed E-state index contributed by atoms with van der Waals surface area (Å²) in [5.41, 5.74) is 1.43. The number of halogens is 4. The Hall–Kier alpha value is -2.54. The van der Waals surface area contributed by atoms with Gasteiger partial charge < -0.3 is 5.11 Å². The monoisotopic (exact) mass is 356 g/mol. The van der Waals surface area contributed by atoms with Crippen molar-refractivity contribution in [1.29, 1.82) is 0 Å². The standard InChI is InChI=1S/C16H12ClF3N2O2/c1-9-6-11(14(23)13(7-9)16(18,19)20)8-21-22-15(24)10-2-4-12(17)5-3-10/h2-8,23H,1H3,(H,22,24)/b21-8+. The van der Waals surface area contributed by atoms with Crippen LogP contribution in [-0.2, 0) is 6.18 Å². The van der Waals surface area contributed by atoms with E-state index in [2.05, 4.69) is 10.5 Å². The first-order chi connectivity index (χ1) is 11.2. The smallest absolute Gasteiger partial charge is 0.419 e.